The molecule has 1 saturated carbocycles. The van der Waals surface area contributed by atoms with E-state index >= 15 is 0 Å². The second-order valence-electron chi connectivity index (χ2n) is 4.60. The molecule has 1 aliphatic rings. The first-order valence-corrected chi connectivity index (χ1v) is 5.88. The molecule has 80 valence electrons. The standard InChI is InChI=1S/C14H18O/c1-11-7-5-6-10-13(11)14(15)12-8-3-2-4-9-12/h2-4,8-9,11,13H,5-7,10H2,1H3/t11-,13-/m1/s1. The van der Waals surface area contributed by atoms with Crippen LogP contribution in [0.4, 0.5) is 0 Å². The first kappa shape index (κ1) is 10.4. The van der Waals surface area contributed by atoms with Gasteiger partial charge in [0.25, 0.3) is 0 Å². The van der Waals surface area contributed by atoms with Gasteiger partial charge in [-0.2, -0.15) is 0 Å². The maximum atomic E-state index is 12.2. The largest absolute Gasteiger partial charge is 0.294 e. The lowest BCUT2D eigenvalue weighted by molar-refractivity contribution is 0.0837. The van der Waals surface area contributed by atoms with E-state index in [0.717, 1.165) is 12.0 Å². The minimum absolute atomic E-state index is 0.265. The second-order valence-corrected chi connectivity index (χ2v) is 4.60. The van der Waals surface area contributed by atoms with E-state index in [1.807, 2.05) is 30.3 Å². The smallest absolute Gasteiger partial charge is 0.166 e. The summed E-state index contributed by atoms with van der Waals surface area (Å²) in [5.74, 6) is 1.18. The van der Waals surface area contributed by atoms with Gasteiger partial charge < -0.3 is 0 Å². The molecule has 1 aromatic rings. The van der Waals surface area contributed by atoms with Crippen molar-refractivity contribution in [2.45, 2.75) is 32.6 Å². The third-order valence-electron chi connectivity index (χ3n) is 3.51. The molecule has 0 heterocycles. The molecule has 0 N–H and O–H groups in total. The number of hydrogen-bond acceptors (Lipinski definition) is 1. The molecule has 2 atom stereocenters. The monoisotopic (exact) mass is 202 g/mol. The molecule has 0 aromatic heterocycles. The summed E-state index contributed by atoms with van der Waals surface area (Å²) < 4.78 is 0. The molecule has 0 radical (unpaired) electrons. The molecule has 1 aliphatic carbocycles. The normalized spacial score (nSPS) is 26.2. The lowest BCUT2D eigenvalue weighted by Crippen LogP contribution is -2.25. The number of ketones is 1. The molecule has 0 bridgehead atoms. The van der Waals surface area contributed by atoms with Gasteiger partial charge in [0.05, 0.1) is 0 Å². The Labute approximate surface area is 91.5 Å². The van der Waals surface area contributed by atoms with E-state index in [-0.39, 0.29) is 5.92 Å². The van der Waals surface area contributed by atoms with E-state index in [9.17, 15) is 4.79 Å². The van der Waals surface area contributed by atoms with Gasteiger partial charge >= 0.3 is 0 Å². The van der Waals surface area contributed by atoms with Crippen LogP contribution in [0.25, 0.3) is 0 Å². The van der Waals surface area contributed by atoms with Crippen LogP contribution in [0.15, 0.2) is 30.3 Å². The highest BCUT2D eigenvalue weighted by Crippen LogP contribution is 2.31. The Bertz CT molecular complexity index is 328. The molecule has 0 spiro atoms. The number of carbonyl (C=O) groups excluding carboxylic acids is 1. The zero-order valence-corrected chi connectivity index (χ0v) is 9.28. The van der Waals surface area contributed by atoms with Crippen LogP contribution in [0.3, 0.4) is 0 Å². The van der Waals surface area contributed by atoms with Gasteiger partial charge in [-0.25, -0.2) is 0 Å². The van der Waals surface area contributed by atoms with Gasteiger partial charge in [0.2, 0.25) is 0 Å². The van der Waals surface area contributed by atoms with Crippen LogP contribution in [0.5, 0.6) is 0 Å². The maximum absolute atomic E-state index is 12.2. The second kappa shape index (κ2) is 4.61. The van der Waals surface area contributed by atoms with Crippen LogP contribution in [0.1, 0.15) is 43.0 Å². The summed E-state index contributed by atoms with van der Waals surface area (Å²) in [6.45, 7) is 2.21. The van der Waals surface area contributed by atoms with Crippen molar-refractivity contribution in [2.24, 2.45) is 11.8 Å². The minimum Gasteiger partial charge on any atom is -0.294 e. The molecule has 2 rings (SSSR count). The molecular formula is C14H18O. The summed E-state index contributed by atoms with van der Waals surface area (Å²) in [7, 11) is 0. The average Bonchev–Trinajstić information content (AvgIpc) is 2.30. The van der Waals surface area contributed by atoms with Crippen molar-refractivity contribution < 1.29 is 4.79 Å². The summed E-state index contributed by atoms with van der Waals surface area (Å²) in [6.07, 6.45) is 4.80. The lowest BCUT2D eigenvalue weighted by Gasteiger charge is -2.27. The molecule has 1 heteroatoms. The van der Waals surface area contributed by atoms with Crippen molar-refractivity contribution in [2.75, 3.05) is 0 Å². The van der Waals surface area contributed by atoms with Gasteiger partial charge in [-0.1, -0.05) is 56.5 Å². The van der Waals surface area contributed by atoms with Gasteiger partial charge in [-0.05, 0) is 12.3 Å². The highest BCUT2D eigenvalue weighted by Gasteiger charge is 2.27. The summed E-state index contributed by atoms with van der Waals surface area (Å²) in [5, 5.41) is 0. The zero-order valence-electron chi connectivity index (χ0n) is 9.28. The topological polar surface area (TPSA) is 17.1 Å². The summed E-state index contributed by atoms with van der Waals surface area (Å²) in [5.41, 5.74) is 0.885. The number of benzene rings is 1. The fourth-order valence-electron chi connectivity index (χ4n) is 2.52. The Morgan fingerprint density at radius 3 is 2.47 bits per heavy atom. The zero-order chi connectivity index (χ0) is 10.7. The van der Waals surface area contributed by atoms with E-state index in [1.165, 1.54) is 19.3 Å². The maximum Gasteiger partial charge on any atom is 0.166 e. The summed E-state index contributed by atoms with van der Waals surface area (Å²) >= 11 is 0. The van der Waals surface area contributed by atoms with E-state index < -0.39 is 0 Å². The quantitative estimate of drug-likeness (QED) is 0.668. The molecule has 0 saturated heterocycles. The third kappa shape index (κ3) is 2.28. The predicted octanol–water partition coefficient (Wildman–Crippen LogP) is 3.70. The van der Waals surface area contributed by atoms with Crippen molar-refractivity contribution in [3.05, 3.63) is 35.9 Å². The van der Waals surface area contributed by atoms with Crippen molar-refractivity contribution in [1.29, 1.82) is 0 Å². The average molecular weight is 202 g/mol. The highest BCUT2D eigenvalue weighted by atomic mass is 16.1. The van der Waals surface area contributed by atoms with Crippen molar-refractivity contribution in [3.63, 3.8) is 0 Å². The van der Waals surface area contributed by atoms with Crippen molar-refractivity contribution >= 4 is 5.78 Å². The first-order chi connectivity index (χ1) is 7.29. The number of hydrogen-bond donors (Lipinski definition) is 0. The van der Waals surface area contributed by atoms with Crippen molar-refractivity contribution in [3.8, 4) is 0 Å². The van der Waals surface area contributed by atoms with Crippen LogP contribution >= 0.6 is 0 Å². The van der Waals surface area contributed by atoms with E-state index in [2.05, 4.69) is 6.92 Å². The van der Waals surface area contributed by atoms with Crippen LogP contribution < -0.4 is 0 Å². The molecule has 1 aromatic carbocycles. The minimum atomic E-state index is 0.265. The Morgan fingerprint density at radius 1 is 1.13 bits per heavy atom. The highest BCUT2D eigenvalue weighted by molar-refractivity contribution is 5.98. The van der Waals surface area contributed by atoms with Crippen molar-refractivity contribution in [1.82, 2.24) is 0 Å². The molecule has 0 amide bonds. The van der Waals surface area contributed by atoms with E-state index in [4.69, 9.17) is 0 Å². The summed E-state index contributed by atoms with van der Waals surface area (Å²) in [4.78, 5) is 12.2. The molecule has 0 aliphatic heterocycles. The predicted molar refractivity (Wildman–Crippen MR) is 61.9 cm³/mol. The molecule has 1 nitrogen and oxygen atoms in total. The van der Waals surface area contributed by atoms with Crippen LogP contribution in [0.2, 0.25) is 0 Å². The Hall–Kier alpha value is -1.11. The summed E-state index contributed by atoms with van der Waals surface area (Å²) in [6, 6.07) is 9.72. The van der Waals surface area contributed by atoms with Crippen LogP contribution in [-0.4, -0.2) is 5.78 Å². The van der Waals surface area contributed by atoms with Gasteiger partial charge in [-0.15, -0.1) is 0 Å². The van der Waals surface area contributed by atoms with Gasteiger partial charge in [0, 0.05) is 11.5 Å². The molecule has 15 heavy (non-hydrogen) atoms. The molecule has 0 unspecified atom stereocenters. The lowest BCUT2D eigenvalue weighted by atomic mass is 9.76. The first-order valence-electron chi connectivity index (χ1n) is 5.88. The SMILES string of the molecule is C[C@@H]1CCCC[C@H]1C(=O)c1ccccc1. The van der Waals surface area contributed by atoms with Gasteiger partial charge in [-0.3, -0.25) is 4.79 Å². The Kier molecular flexibility index (Phi) is 3.20. The van der Waals surface area contributed by atoms with Gasteiger partial charge in [0.15, 0.2) is 5.78 Å². The third-order valence-corrected chi connectivity index (χ3v) is 3.51. The van der Waals surface area contributed by atoms with E-state index in [0.29, 0.717) is 11.7 Å². The van der Waals surface area contributed by atoms with Gasteiger partial charge in [0.1, 0.15) is 0 Å². The van der Waals surface area contributed by atoms with Crippen LogP contribution in [0, 0.1) is 11.8 Å². The number of carbonyl (C=O) groups is 1. The Morgan fingerprint density at radius 2 is 1.80 bits per heavy atom. The Balaban J connectivity index is 2.13. The molecular weight excluding hydrogens is 184 g/mol. The number of rotatable bonds is 2. The molecule has 1 fully saturated rings. The van der Waals surface area contributed by atoms with E-state index in [1.54, 1.807) is 0 Å². The number of Topliss-reactive ketones (excluding diaryl/α,β-unsaturated/α-hetero) is 1. The van der Waals surface area contributed by atoms with Crippen LogP contribution in [-0.2, 0) is 0 Å². The fraction of sp³-hybridized carbons (Fsp3) is 0.500. The fourth-order valence-corrected chi connectivity index (χ4v) is 2.52.